The van der Waals surface area contributed by atoms with E-state index in [0.29, 0.717) is 18.0 Å². The molecule has 0 heterocycles. The van der Waals surface area contributed by atoms with E-state index in [9.17, 15) is 0 Å². The Hall–Kier alpha value is -1.06. The van der Waals surface area contributed by atoms with Gasteiger partial charge in [0.2, 0.25) is 0 Å². The molecule has 0 saturated heterocycles. The first-order valence-electron chi connectivity index (χ1n) is 6.99. The average molecular weight is 264 g/mol. The minimum absolute atomic E-state index is 0.354. The highest BCUT2D eigenvalue weighted by molar-refractivity contribution is 5.28. The molecule has 19 heavy (non-hydrogen) atoms. The summed E-state index contributed by atoms with van der Waals surface area (Å²) in [5.74, 6) is 1.55. The van der Waals surface area contributed by atoms with E-state index in [1.165, 1.54) is 5.56 Å². The lowest BCUT2D eigenvalue weighted by Crippen LogP contribution is -2.42. The molecule has 1 aromatic carbocycles. The number of nitrogens with zero attached hydrogens (tertiary/aromatic N) is 1. The van der Waals surface area contributed by atoms with Gasteiger partial charge in [0.1, 0.15) is 5.75 Å². The third-order valence-corrected chi connectivity index (χ3v) is 3.68. The number of ether oxygens (including phenoxy) is 1. The average Bonchev–Trinajstić information content (AvgIpc) is 2.38. The fourth-order valence-electron chi connectivity index (χ4n) is 2.32. The molecule has 0 spiro atoms. The van der Waals surface area contributed by atoms with E-state index < -0.39 is 0 Å². The molecule has 0 saturated carbocycles. The molecular weight excluding hydrogens is 236 g/mol. The monoisotopic (exact) mass is 264 g/mol. The van der Waals surface area contributed by atoms with Crippen molar-refractivity contribution in [3.63, 3.8) is 0 Å². The highest BCUT2D eigenvalue weighted by atomic mass is 16.5. The van der Waals surface area contributed by atoms with Gasteiger partial charge in [0.05, 0.1) is 7.11 Å². The number of likely N-dealkylation sites (N-methyl/N-ethyl adjacent to an activating group) is 1. The van der Waals surface area contributed by atoms with Gasteiger partial charge in [-0.15, -0.1) is 0 Å². The first kappa shape index (κ1) is 16.0. The number of nitrogens with one attached hydrogen (secondary N) is 1. The molecule has 0 amide bonds. The first-order chi connectivity index (χ1) is 8.95. The minimum Gasteiger partial charge on any atom is -0.497 e. The van der Waals surface area contributed by atoms with Gasteiger partial charge in [0.25, 0.3) is 0 Å². The summed E-state index contributed by atoms with van der Waals surface area (Å²) in [5.41, 5.74) is 1.29. The van der Waals surface area contributed by atoms with Crippen LogP contribution in [0.2, 0.25) is 0 Å². The third kappa shape index (κ3) is 4.84. The van der Waals surface area contributed by atoms with Crippen molar-refractivity contribution >= 4 is 0 Å². The van der Waals surface area contributed by atoms with Gasteiger partial charge >= 0.3 is 0 Å². The summed E-state index contributed by atoms with van der Waals surface area (Å²) >= 11 is 0. The Morgan fingerprint density at radius 1 is 1.11 bits per heavy atom. The molecule has 1 N–H and O–H groups in total. The second kappa shape index (κ2) is 7.51. The standard InChI is InChI=1S/C16H28N2O/c1-12(2)16(18(4)5)11-17-13(3)14-7-9-15(19-6)10-8-14/h7-10,12-13,16-17H,11H2,1-6H3. The van der Waals surface area contributed by atoms with Crippen LogP contribution in [-0.2, 0) is 0 Å². The van der Waals surface area contributed by atoms with Gasteiger partial charge in [-0.1, -0.05) is 26.0 Å². The summed E-state index contributed by atoms with van der Waals surface area (Å²) in [6.45, 7) is 7.74. The van der Waals surface area contributed by atoms with Crippen LogP contribution in [0.1, 0.15) is 32.4 Å². The van der Waals surface area contributed by atoms with E-state index in [2.05, 4.69) is 57.2 Å². The van der Waals surface area contributed by atoms with E-state index >= 15 is 0 Å². The molecule has 1 aromatic rings. The van der Waals surface area contributed by atoms with Crippen LogP contribution in [0.3, 0.4) is 0 Å². The molecule has 2 atom stereocenters. The Labute approximate surface area is 118 Å². The van der Waals surface area contributed by atoms with Gasteiger partial charge in [-0.05, 0) is 44.6 Å². The molecular formula is C16H28N2O. The van der Waals surface area contributed by atoms with E-state index in [1.54, 1.807) is 7.11 Å². The van der Waals surface area contributed by atoms with E-state index in [0.717, 1.165) is 12.3 Å². The lowest BCUT2D eigenvalue weighted by Gasteiger charge is -2.29. The van der Waals surface area contributed by atoms with E-state index in [4.69, 9.17) is 4.74 Å². The van der Waals surface area contributed by atoms with Crippen LogP contribution in [0.25, 0.3) is 0 Å². The van der Waals surface area contributed by atoms with Crippen LogP contribution >= 0.6 is 0 Å². The summed E-state index contributed by atoms with van der Waals surface area (Å²) in [6, 6.07) is 9.18. The number of methoxy groups -OCH3 is 1. The van der Waals surface area contributed by atoms with Gasteiger partial charge in [-0.2, -0.15) is 0 Å². The molecule has 108 valence electrons. The van der Waals surface area contributed by atoms with Crippen molar-refractivity contribution in [1.82, 2.24) is 10.2 Å². The van der Waals surface area contributed by atoms with Gasteiger partial charge in [0.15, 0.2) is 0 Å². The molecule has 3 nitrogen and oxygen atoms in total. The Bertz CT molecular complexity index is 352. The Morgan fingerprint density at radius 3 is 2.11 bits per heavy atom. The highest BCUT2D eigenvalue weighted by Gasteiger charge is 2.16. The highest BCUT2D eigenvalue weighted by Crippen LogP contribution is 2.17. The van der Waals surface area contributed by atoms with Crippen molar-refractivity contribution in [1.29, 1.82) is 0 Å². The number of hydrogen-bond acceptors (Lipinski definition) is 3. The van der Waals surface area contributed by atoms with Gasteiger partial charge in [0, 0.05) is 18.6 Å². The van der Waals surface area contributed by atoms with Crippen LogP contribution < -0.4 is 10.1 Å². The molecule has 2 unspecified atom stereocenters. The number of hydrogen-bond donors (Lipinski definition) is 1. The summed E-state index contributed by atoms with van der Waals surface area (Å²) in [6.07, 6.45) is 0. The topological polar surface area (TPSA) is 24.5 Å². The summed E-state index contributed by atoms with van der Waals surface area (Å²) in [7, 11) is 5.98. The Balaban J connectivity index is 2.56. The zero-order valence-electron chi connectivity index (χ0n) is 13.1. The molecule has 0 aliphatic heterocycles. The van der Waals surface area contributed by atoms with Gasteiger partial charge in [-0.25, -0.2) is 0 Å². The lowest BCUT2D eigenvalue weighted by molar-refractivity contribution is 0.220. The van der Waals surface area contributed by atoms with E-state index in [-0.39, 0.29) is 0 Å². The van der Waals surface area contributed by atoms with E-state index in [1.807, 2.05) is 12.1 Å². The number of rotatable bonds is 7. The first-order valence-corrected chi connectivity index (χ1v) is 6.99. The van der Waals surface area contributed by atoms with Crippen molar-refractivity contribution in [2.45, 2.75) is 32.9 Å². The van der Waals surface area contributed by atoms with Gasteiger partial charge < -0.3 is 15.0 Å². The van der Waals surface area contributed by atoms with Crippen LogP contribution in [0, 0.1) is 5.92 Å². The van der Waals surface area contributed by atoms with Crippen LogP contribution in [-0.4, -0.2) is 38.7 Å². The normalized spacial score (nSPS) is 14.7. The van der Waals surface area contributed by atoms with Crippen molar-refractivity contribution in [2.75, 3.05) is 27.7 Å². The second-order valence-corrected chi connectivity index (χ2v) is 5.68. The SMILES string of the molecule is COc1ccc(C(C)NCC(C(C)C)N(C)C)cc1. The zero-order valence-corrected chi connectivity index (χ0v) is 13.1. The largest absolute Gasteiger partial charge is 0.497 e. The minimum atomic E-state index is 0.354. The quantitative estimate of drug-likeness (QED) is 0.819. The summed E-state index contributed by atoms with van der Waals surface area (Å²) in [4.78, 5) is 2.29. The second-order valence-electron chi connectivity index (χ2n) is 5.68. The number of benzene rings is 1. The third-order valence-electron chi connectivity index (χ3n) is 3.68. The molecule has 1 rings (SSSR count). The predicted molar refractivity (Wildman–Crippen MR) is 81.7 cm³/mol. The van der Waals surface area contributed by atoms with Crippen molar-refractivity contribution in [3.05, 3.63) is 29.8 Å². The fraction of sp³-hybridized carbons (Fsp3) is 0.625. The zero-order chi connectivity index (χ0) is 14.4. The van der Waals surface area contributed by atoms with Gasteiger partial charge in [-0.3, -0.25) is 0 Å². The maximum atomic E-state index is 5.18. The Kier molecular flexibility index (Phi) is 6.32. The molecule has 0 aliphatic carbocycles. The van der Waals surface area contributed by atoms with Crippen LogP contribution in [0.5, 0.6) is 5.75 Å². The molecule has 0 bridgehead atoms. The van der Waals surface area contributed by atoms with Crippen molar-refractivity contribution in [2.24, 2.45) is 5.92 Å². The maximum Gasteiger partial charge on any atom is 0.118 e. The summed E-state index contributed by atoms with van der Waals surface area (Å²) < 4.78 is 5.18. The molecule has 0 aliphatic rings. The fourth-order valence-corrected chi connectivity index (χ4v) is 2.32. The molecule has 3 heteroatoms. The van der Waals surface area contributed by atoms with Crippen molar-refractivity contribution < 1.29 is 4.74 Å². The van der Waals surface area contributed by atoms with Crippen molar-refractivity contribution in [3.8, 4) is 5.75 Å². The molecule has 0 radical (unpaired) electrons. The lowest BCUT2D eigenvalue weighted by atomic mass is 10.0. The summed E-state index contributed by atoms with van der Waals surface area (Å²) in [5, 5.41) is 3.62. The predicted octanol–water partition coefficient (Wildman–Crippen LogP) is 2.93. The van der Waals surface area contributed by atoms with Crippen LogP contribution in [0.15, 0.2) is 24.3 Å². The molecule has 0 aromatic heterocycles. The smallest absolute Gasteiger partial charge is 0.118 e. The maximum absolute atomic E-state index is 5.18. The molecule has 0 fully saturated rings. The van der Waals surface area contributed by atoms with Crippen LogP contribution in [0.4, 0.5) is 0 Å². The Morgan fingerprint density at radius 2 is 1.68 bits per heavy atom.